The van der Waals surface area contributed by atoms with Gasteiger partial charge in [-0.25, -0.2) is 0 Å². The summed E-state index contributed by atoms with van der Waals surface area (Å²) in [7, 11) is 0. The maximum Gasteiger partial charge on any atom is 0.306 e. The third kappa shape index (κ3) is 67.5. The van der Waals surface area contributed by atoms with E-state index in [1.165, 1.54) is 238 Å². The number of allylic oxidation sites excluding steroid dienone is 12. The minimum Gasteiger partial charge on any atom is -0.462 e. The van der Waals surface area contributed by atoms with Crippen LogP contribution < -0.4 is 0 Å². The van der Waals surface area contributed by atoms with Gasteiger partial charge in [-0.15, -0.1) is 0 Å². The minimum atomic E-state index is -0.809. The molecular weight excluding hydrogens is 997 g/mol. The monoisotopic (exact) mass is 1130 g/mol. The summed E-state index contributed by atoms with van der Waals surface area (Å²) in [6.45, 7) is 6.53. The number of carbonyl (C=O) groups excluding carboxylic acids is 3. The highest BCUT2D eigenvalue weighted by Gasteiger charge is 2.19. The molecule has 6 nitrogen and oxygen atoms in total. The van der Waals surface area contributed by atoms with Crippen molar-refractivity contribution in [3.63, 3.8) is 0 Å². The van der Waals surface area contributed by atoms with Gasteiger partial charge in [-0.05, 0) is 83.5 Å². The van der Waals surface area contributed by atoms with Crippen molar-refractivity contribution in [2.24, 2.45) is 0 Å². The molecule has 6 heteroatoms. The Kier molecular flexibility index (Phi) is 66.6. The van der Waals surface area contributed by atoms with E-state index in [0.717, 1.165) is 83.5 Å². The molecule has 0 saturated heterocycles. The van der Waals surface area contributed by atoms with Crippen LogP contribution in [0.4, 0.5) is 0 Å². The van der Waals surface area contributed by atoms with E-state index in [2.05, 4.69) is 93.7 Å². The van der Waals surface area contributed by atoms with E-state index in [0.29, 0.717) is 19.3 Å². The highest BCUT2D eigenvalue weighted by Crippen LogP contribution is 2.18. The molecule has 0 aromatic heterocycles. The van der Waals surface area contributed by atoms with Crippen molar-refractivity contribution in [1.29, 1.82) is 0 Å². The first-order valence-corrected chi connectivity index (χ1v) is 35.4. The van der Waals surface area contributed by atoms with Gasteiger partial charge in [0, 0.05) is 19.3 Å². The molecule has 470 valence electrons. The molecule has 1 unspecified atom stereocenters. The second-order valence-electron chi connectivity index (χ2n) is 23.8. The van der Waals surface area contributed by atoms with Crippen LogP contribution >= 0.6 is 0 Å². The van der Waals surface area contributed by atoms with E-state index in [9.17, 15) is 14.4 Å². The number of hydrogen-bond donors (Lipinski definition) is 0. The fourth-order valence-electron chi connectivity index (χ4n) is 10.4. The van der Waals surface area contributed by atoms with E-state index in [1.54, 1.807) is 0 Å². The van der Waals surface area contributed by atoms with Gasteiger partial charge in [-0.1, -0.05) is 338 Å². The van der Waals surface area contributed by atoms with Gasteiger partial charge in [0.15, 0.2) is 6.10 Å². The lowest BCUT2D eigenvalue weighted by Gasteiger charge is -2.18. The Bertz CT molecular complexity index is 1490. The number of ether oxygens (including phenoxy) is 3. The molecule has 0 rings (SSSR count). The van der Waals surface area contributed by atoms with E-state index in [-0.39, 0.29) is 37.5 Å². The van der Waals surface area contributed by atoms with Crippen LogP contribution in [0.3, 0.4) is 0 Å². The average molecular weight is 1130 g/mol. The summed E-state index contributed by atoms with van der Waals surface area (Å²) in [5, 5.41) is 0. The molecule has 0 aromatic rings. The molecule has 0 aliphatic heterocycles. The smallest absolute Gasteiger partial charge is 0.306 e. The summed E-state index contributed by atoms with van der Waals surface area (Å²) in [4.78, 5) is 38.4. The van der Waals surface area contributed by atoms with Crippen molar-refractivity contribution in [1.82, 2.24) is 0 Å². The van der Waals surface area contributed by atoms with Crippen LogP contribution in [0.15, 0.2) is 72.9 Å². The second kappa shape index (κ2) is 69.3. The Morgan fingerprint density at radius 2 is 0.494 bits per heavy atom. The predicted molar refractivity (Wildman–Crippen MR) is 353 cm³/mol. The zero-order valence-corrected chi connectivity index (χ0v) is 54.1. The van der Waals surface area contributed by atoms with E-state index >= 15 is 0 Å². The lowest BCUT2D eigenvalue weighted by Crippen LogP contribution is -2.30. The zero-order valence-electron chi connectivity index (χ0n) is 54.1. The first kappa shape index (κ1) is 77.9. The Morgan fingerprint density at radius 1 is 0.259 bits per heavy atom. The number of unbranched alkanes of at least 4 members (excludes halogenated alkanes) is 42. The Balaban J connectivity index is 4.25. The third-order valence-electron chi connectivity index (χ3n) is 15.7. The maximum atomic E-state index is 12.9. The fourth-order valence-corrected chi connectivity index (χ4v) is 10.4. The highest BCUT2D eigenvalue weighted by atomic mass is 16.6. The lowest BCUT2D eigenvalue weighted by molar-refractivity contribution is -0.167. The largest absolute Gasteiger partial charge is 0.462 e. The molecule has 0 saturated carbocycles. The molecule has 0 aliphatic rings. The van der Waals surface area contributed by atoms with Crippen LogP contribution in [0.1, 0.15) is 367 Å². The van der Waals surface area contributed by atoms with Crippen molar-refractivity contribution in [2.45, 2.75) is 374 Å². The molecule has 0 amide bonds. The first-order valence-electron chi connectivity index (χ1n) is 35.4. The molecule has 0 heterocycles. The van der Waals surface area contributed by atoms with Gasteiger partial charge in [0.2, 0.25) is 0 Å². The Morgan fingerprint density at radius 3 is 0.802 bits per heavy atom. The van der Waals surface area contributed by atoms with E-state index < -0.39 is 6.10 Å². The van der Waals surface area contributed by atoms with Gasteiger partial charge < -0.3 is 14.2 Å². The van der Waals surface area contributed by atoms with Gasteiger partial charge in [-0.2, -0.15) is 0 Å². The Labute approximate surface area is 503 Å². The number of carbonyl (C=O) groups is 3. The van der Waals surface area contributed by atoms with Gasteiger partial charge in [-0.3, -0.25) is 14.4 Å². The SMILES string of the molecule is CC/C=C\C/C=C\C/C=C\C/C=C\C/C=C\CCCC(=O)OC(COC(=O)CCCCCCC/C=C\CCCCCCCCC)COC(=O)CCCCCCCCCCCCCCCCCCCCCCCCCCCCCCCC. The number of rotatable bonds is 65. The van der Waals surface area contributed by atoms with Crippen LogP contribution in [0.2, 0.25) is 0 Å². The van der Waals surface area contributed by atoms with Gasteiger partial charge in [0.25, 0.3) is 0 Å². The van der Waals surface area contributed by atoms with Crippen molar-refractivity contribution in [3.05, 3.63) is 72.9 Å². The summed E-state index contributed by atoms with van der Waals surface area (Å²) in [5.41, 5.74) is 0. The van der Waals surface area contributed by atoms with E-state index in [1.807, 2.05) is 0 Å². The van der Waals surface area contributed by atoms with Crippen molar-refractivity contribution < 1.29 is 28.6 Å². The lowest BCUT2D eigenvalue weighted by atomic mass is 10.0. The fraction of sp³-hybridized carbons (Fsp3) is 0.800. The van der Waals surface area contributed by atoms with Crippen molar-refractivity contribution >= 4 is 17.9 Å². The molecule has 0 bridgehead atoms. The first-order chi connectivity index (χ1) is 40.0. The molecule has 0 radical (unpaired) electrons. The van der Waals surface area contributed by atoms with Gasteiger partial charge in [0.1, 0.15) is 13.2 Å². The molecule has 0 aliphatic carbocycles. The van der Waals surface area contributed by atoms with Crippen LogP contribution in [0.5, 0.6) is 0 Å². The molecule has 1 atom stereocenters. The number of esters is 3. The highest BCUT2D eigenvalue weighted by molar-refractivity contribution is 5.71. The summed E-state index contributed by atoms with van der Waals surface area (Å²) >= 11 is 0. The summed E-state index contributed by atoms with van der Waals surface area (Å²) < 4.78 is 16.9. The summed E-state index contributed by atoms with van der Waals surface area (Å²) in [5.74, 6) is -0.946. The van der Waals surface area contributed by atoms with Crippen LogP contribution in [0.25, 0.3) is 0 Å². The van der Waals surface area contributed by atoms with Crippen LogP contribution in [-0.4, -0.2) is 37.2 Å². The molecule has 0 fully saturated rings. The Hall–Kier alpha value is -3.15. The molecule has 0 N–H and O–H groups in total. The van der Waals surface area contributed by atoms with E-state index in [4.69, 9.17) is 14.2 Å². The third-order valence-corrected chi connectivity index (χ3v) is 15.7. The summed E-state index contributed by atoms with van der Waals surface area (Å²) in [6.07, 6.45) is 91.0. The van der Waals surface area contributed by atoms with Crippen molar-refractivity contribution in [3.8, 4) is 0 Å². The standard InChI is InChI=1S/C75H134O6/c1-4-7-10-13-16-19-22-25-28-31-32-33-34-35-36-37-38-39-40-41-42-43-45-47-50-53-56-59-62-65-68-74(77)80-71-72(70-79-73(76)67-64-61-58-55-52-49-46-30-27-24-21-18-15-12-9-6-3)81-75(78)69-66-63-60-57-54-51-48-44-29-26-23-20-17-14-11-8-5-2/h8,11,17,20,26,29-30,46,48,51,57,60,72H,4-7,9-10,12-16,18-19,21-25,27-28,31-45,47,49-50,52-56,58-59,61-71H2,1-3H3/b11-8-,20-17-,29-26-,46-30-,51-48-,60-57-. The topological polar surface area (TPSA) is 78.9 Å². The minimum absolute atomic E-state index is 0.0975. The zero-order chi connectivity index (χ0) is 58.5. The average Bonchev–Trinajstić information content (AvgIpc) is 3.47. The predicted octanol–water partition coefficient (Wildman–Crippen LogP) is 24.4. The van der Waals surface area contributed by atoms with Gasteiger partial charge >= 0.3 is 17.9 Å². The quantitative estimate of drug-likeness (QED) is 0.0261. The molecule has 81 heavy (non-hydrogen) atoms. The maximum absolute atomic E-state index is 12.9. The number of hydrogen-bond acceptors (Lipinski definition) is 6. The van der Waals surface area contributed by atoms with Crippen molar-refractivity contribution in [2.75, 3.05) is 13.2 Å². The second-order valence-corrected chi connectivity index (χ2v) is 23.8. The molecule has 0 aromatic carbocycles. The summed E-state index contributed by atoms with van der Waals surface area (Å²) in [6, 6.07) is 0. The molecular formula is C75H134O6. The van der Waals surface area contributed by atoms with Crippen LogP contribution in [0, 0.1) is 0 Å². The van der Waals surface area contributed by atoms with Gasteiger partial charge in [0.05, 0.1) is 0 Å². The normalized spacial score (nSPS) is 12.5. The van der Waals surface area contributed by atoms with Crippen LogP contribution in [-0.2, 0) is 28.6 Å². The molecule has 0 spiro atoms.